The molecule has 0 saturated heterocycles. The fraction of sp³-hybridized carbons (Fsp3) is 0.439. The molecule has 0 radical (unpaired) electrons. The number of hydrogen-bond donors (Lipinski definition) is 10. The van der Waals surface area contributed by atoms with Crippen molar-refractivity contribution in [2.45, 2.75) is 65.8 Å². The highest BCUT2D eigenvalue weighted by atomic mass is 35.5. The number of carbonyl (C=O) groups is 10. The summed E-state index contributed by atoms with van der Waals surface area (Å²) in [5, 5.41) is 37.4. The van der Waals surface area contributed by atoms with Crippen LogP contribution in [-0.4, -0.2) is 256 Å². The molecule has 10 rings (SSSR count). The molecule has 0 unspecified atom stereocenters. The molecule has 0 saturated carbocycles. The summed E-state index contributed by atoms with van der Waals surface area (Å²) < 4.78 is 59.6. The molecular weight excluding hydrogens is 1660 g/mol. The van der Waals surface area contributed by atoms with Crippen molar-refractivity contribution in [3.05, 3.63) is 159 Å². The Labute approximate surface area is 729 Å². The first-order chi connectivity index (χ1) is 60.3. The number of rotatable bonds is 52. The number of hydrogen-bond acceptors (Lipinski definition) is 26. The molecule has 0 spiro atoms. The molecule has 0 bridgehead atoms. The second-order valence-corrected chi connectivity index (χ2v) is 30.1. The van der Waals surface area contributed by atoms with Gasteiger partial charge in [0, 0.05) is 138 Å². The van der Waals surface area contributed by atoms with E-state index in [9.17, 15) is 47.9 Å². The molecule has 41 nitrogen and oxygen atoms in total. The van der Waals surface area contributed by atoms with Gasteiger partial charge in [-0.25, -0.2) is 15.0 Å². The fourth-order valence-electron chi connectivity index (χ4n) is 12.5. The highest BCUT2D eigenvalue weighted by Crippen LogP contribution is 2.40. The van der Waals surface area contributed by atoms with Gasteiger partial charge >= 0.3 is 0 Å². The summed E-state index contributed by atoms with van der Waals surface area (Å²) in [7, 11) is 7.88. The van der Waals surface area contributed by atoms with E-state index < -0.39 is 53.3 Å². The van der Waals surface area contributed by atoms with Gasteiger partial charge in [-0.2, -0.15) is 0 Å². The number of imidazole rings is 3. The Morgan fingerprint density at radius 1 is 0.432 bits per heavy atom. The van der Waals surface area contributed by atoms with Gasteiger partial charge in [-0.3, -0.25) is 57.5 Å². The molecule has 1 aliphatic heterocycles. The lowest BCUT2D eigenvalue weighted by Gasteiger charge is -2.13. The van der Waals surface area contributed by atoms with Crippen molar-refractivity contribution in [3.8, 4) is 10.8 Å². The van der Waals surface area contributed by atoms with Crippen molar-refractivity contribution in [3.63, 3.8) is 0 Å². The lowest BCUT2D eigenvalue weighted by Crippen LogP contribution is -2.32. The Bertz CT molecular complexity index is 5220. The third-order valence-corrected chi connectivity index (χ3v) is 20.2. The number of carbonyl (C=O) groups excluding carboxylic acids is 10. The Balaban J connectivity index is 0.490. The number of fused-ring (bicyclic) bond motifs is 3. The summed E-state index contributed by atoms with van der Waals surface area (Å²) in [5.41, 5.74) is 5.24. The van der Waals surface area contributed by atoms with Crippen molar-refractivity contribution in [2.75, 3.05) is 170 Å². The third-order valence-electron chi connectivity index (χ3n) is 18.7. The van der Waals surface area contributed by atoms with E-state index in [-0.39, 0.29) is 135 Å². The van der Waals surface area contributed by atoms with Crippen LogP contribution in [0.5, 0.6) is 5.75 Å². The van der Waals surface area contributed by atoms with Gasteiger partial charge in [0.1, 0.15) is 47.2 Å². The van der Waals surface area contributed by atoms with Crippen LogP contribution in [0.2, 0.25) is 5.02 Å². The number of halogens is 1. The van der Waals surface area contributed by atoms with E-state index in [4.69, 9.17) is 59.2 Å². The second kappa shape index (κ2) is 48.0. The standard InChI is InChI=1S/C82H105ClN22O19S/c1-10-22-84-66(106)19-23-87-79(113)74-95-63(47-102(74)7)92-67(107)20-24-85-77(111)61-42-57(45-100(61)5)89-80(114)75-96-64(48-103(75)8)93-68(108)21-25-86-78(112)62-43-58(46-101(62)6)90-81(115)76-97-65(49-104(76)9)94-70(110)50-123-39-38-121-35-34-119-31-30-117-27-26-116-28-29-118-32-33-120-36-37-122-40-41-124-59-17-15-56(16-18-59)88-69(109)44-60-73-99-98-53(4)105(73)82-71(51(2)52(3)125-82)72(91-60)54-11-13-55(83)14-12-54/h11-18,42-43,45-49,60H,10,19-41,44,50H2,1-9H3,(H,84,106)(H,85,111)(H,86,112)(H,87,113)(H,88,109)(H,89,114)(H,90,115)(H,92,107)(H,93,108)(H,94,110)/t60-/m0/s1. The first-order valence-corrected chi connectivity index (χ1v) is 41.6. The molecule has 10 N–H and O–H groups in total. The average Bonchev–Trinajstić information content (AvgIpc) is 1.59. The molecular formula is C82H105ClN22O19S. The maximum absolute atomic E-state index is 13.6. The number of aliphatic imine (C=N–C) groups is 1. The van der Waals surface area contributed by atoms with Crippen LogP contribution in [-0.2, 0) is 97.1 Å². The Kier molecular flexibility index (Phi) is 36.4. The lowest BCUT2D eigenvalue weighted by molar-refractivity contribution is -0.121. The minimum Gasteiger partial charge on any atom is -0.491 e. The Morgan fingerprint density at radius 2 is 0.864 bits per heavy atom. The number of anilines is 6. The normalized spacial score (nSPS) is 12.2. The fourth-order valence-corrected chi connectivity index (χ4v) is 13.8. The quantitative estimate of drug-likeness (QED) is 0.0210. The van der Waals surface area contributed by atoms with Crippen LogP contribution in [0.25, 0.3) is 5.00 Å². The van der Waals surface area contributed by atoms with Crippen LogP contribution in [0.1, 0.15) is 131 Å². The smallest absolute Gasteiger partial charge is 0.291 e. The van der Waals surface area contributed by atoms with Crippen LogP contribution in [0.3, 0.4) is 0 Å². The van der Waals surface area contributed by atoms with E-state index in [1.807, 2.05) is 42.7 Å². The zero-order valence-electron chi connectivity index (χ0n) is 71.0. The lowest BCUT2D eigenvalue weighted by atomic mass is 9.99. The summed E-state index contributed by atoms with van der Waals surface area (Å²) in [5.74, 6) is -2.68. The van der Waals surface area contributed by atoms with Crippen molar-refractivity contribution in [2.24, 2.45) is 40.2 Å². The number of aryl methyl sites for hydroxylation is 7. The molecule has 0 aliphatic carbocycles. The molecule has 7 aromatic heterocycles. The largest absolute Gasteiger partial charge is 0.491 e. The van der Waals surface area contributed by atoms with E-state index in [0.29, 0.717) is 127 Å². The highest BCUT2D eigenvalue weighted by molar-refractivity contribution is 7.15. The number of amides is 10. The van der Waals surface area contributed by atoms with Gasteiger partial charge in [-0.1, -0.05) is 30.7 Å². The minimum absolute atomic E-state index is 0.0233. The van der Waals surface area contributed by atoms with Gasteiger partial charge in [0.25, 0.3) is 35.4 Å². The van der Waals surface area contributed by atoms with Crippen LogP contribution < -0.4 is 57.9 Å². The van der Waals surface area contributed by atoms with Crippen molar-refractivity contribution in [1.82, 2.24) is 73.8 Å². The van der Waals surface area contributed by atoms with Crippen LogP contribution in [0, 0.1) is 20.8 Å². The molecule has 10 amide bonds. The molecule has 1 atom stereocenters. The maximum atomic E-state index is 13.6. The molecule has 8 heterocycles. The Hall–Kier alpha value is -12.4. The SMILES string of the molecule is CCCNC(=O)CCNC(=O)c1nc(NC(=O)CCNC(=O)c2cc(NC(=O)c3nc(NC(=O)CCNC(=O)c4cc(NC(=O)c5nc(NC(=O)COCCOCCOCCOCCOCCOCCOCCOCCOc6ccc(NC(=O)C[C@@H]7N=C(c8ccc(Cl)cc8)c8c(sc(C)c8C)-n8c(C)nnc87)cc6)cn5C)cn4C)cn3C)cn2C)cn1C. The second-order valence-electron chi connectivity index (χ2n) is 28.4. The van der Waals surface area contributed by atoms with Crippen molar-refractivity contribution < 1.29 is 90.6 Å². The zero-order chi connectivity index (χ0) is 89.3. The summed E-state index contributed by atoms with van der Waals surface area (Å²) in [6.07, 6.45) is 7.98. The van der Waals surface area contributed by atoms with Gasteiger partial charge in [-0.05, 0) is 81.3 Å². The summed E-state index contributed by atoms with van der Waals surface area (Å²) in [6.45, 7) is 13.8. The first-order valence-electron chi connectivity index (χ1n) is 40.4. The predicted molar refractivity (Wildman–Crippen MR) is 461 cm³/mol. The molecule has 670 valence electrons. The van der Waals surface area contributed by atoms with E-state index in [1.54, 1.807) is 70.8 Å². The number of nitrogens with zero attached hydrogens (tertiary/aromatic N) is 12. The molecule has 2 aromatic carbocycles. The van der Waals surface area contributed by atoms with Crippen molar-refractivity contribution >= 4 is 122 Å². The topological polar surface area (TPSA) is 480 Å². The average molecular weight is 1770 g/mol. The van der Waals surface area contributed by atoms with Crippen LogP contribution in [0.4, 0.5) is 34.5 Å². The molecule has 0 fully saturated rings. The van der Waals surface area contributed by atoms with E-state index >= 15 is 0 Å². The number of thiophene rings is 1. The third kappa shape index (κ3) is 28.8. The molecule has 125 heavy (non-hydrogen) atoms. The van der Waals surface area contributed by atoms with Crippen molar-refractivity contribution in [1.29, 1.82) is 0 Å². The maximum Gasteiger partial charge on any atom is 0.291 e. The van der Waals surface area contributed by atoms with E-state index in [2.05, 4.69) is 92.2 Å². The van der Waals surface area contributed by atoms with Gasteiger partial charge in [0.05, 0.1) is 123 Å². The molecule has 43 heteroatoms. The van der Waals surface area contributed by atoms with Crippen LogP contribution in [0.15, 0.2) is 96.6 Å². The van der Waals surface area contributed by atoms with Gasteiger partial charge in [0.15, 0.2) is 23.3 Å². The number of nitrogens with one attached hydrogen (secondary N) is 10. The minimum atomic E-state index is -0.655. The summed E-state index contributed by atoms with van der Waals surface area (Å²) in [4.78, 5) is 148. The number of benzene rings is 2. The summed E-state index contributed by atoms with van der Waals surface area (Å²) in [6, 6.07) is 17.0. The monoisotopic (exact) mass is 1770 g/mol. The number of aromatic nitrogens is 11. The van der Waals surface area contributed by atoms with Gasteiger partial charge in [0.2, 0.25) is 41.1 Å². The first kappa shape index (κ1) is 94.9. The van der Waals surface area contributed by atoms with E-state index in [0.717, 1.165) is 38.7 Å². The molecule has 1 aliphatic rings. The van der Waals surface area contributed by atoms with Gasteiger partial charge in [-0.15, -0.1) is 21.5 Å². The van der Waals surface area contributed by atoms with Crippen LogP contribution >= 0.6 is 22.9 Å². The number of ether oxygens (including phenoxy) is 9. The zero-order valence-corrected chi connectivity index (χ0v) is 72.6. The Morgan fingerprint density at radius 3 is 1.34 bits per heavy atom. The molecule has 9 aromatic rings. The highest BCUT2D eigenvalue weighted by Gasteiger charge is 2.33. The predicted octanol–water partition coefficient (Wildman–Crippen LogP) is 5.52. The van der Waals surface area contributed by atoms with E-state index in [1.165, 1.54) is 66.0 Å². The van der Waals surface area contributed by atoms with Gasteiger partial charge < -0.3 is 119 Å². The summed E-state index contributed by atoms with van der Waals surface area (Å²) >= 11 is 7.92.